The van der Waals surface area contributed by atoms with Gasteiger partial charge in [0.1, 0.15) is 11.0 Å². The van der Waals surface area contributed by atoms with Crippen LogP contribution in [0.1, 0.15) is 60.5 Å². The Balaban J connectivity index is 1.78. The summed E-state index contributed by atoms with van der Waals surface area (Å²) in [7, 11) is 1.96. The van der Waals surface area contributed by atoms with Crippen LogP contribution in [0.2, 0.25) is 0 Å². The average molecular weight is 377 g/mol. The highest BCUT2D eigenvalue weighted by Gasteiger charge is 2.24. The summed E-state index contributed by atoms with van der Waals surface area (Å²) in [6, 6.07) is 0.507. The Hall–Kier alpha value is -2.83. The molecule has 0 saturated heterocycles. The molecular formula is C21H27N7. The van der Waals surface area contributed by atoms with Crippen molar-refractivity contribution in [3.05, 3.63) is 34.3 Å². The van der Waals surface area contributed by atoms with Crippen LogP contribution in [0, 0.1) is 20.8 Å². The van der Waals surface area contributed by atoms with Gasteiger partial charge in [0.25, 0.3) is 0 Å². The SMILES string of the molecule is CCCc1nn(C)c2c(NC3CC3)nc(/C=C/c3nc(C)c(C)nc3C)nc12. The minimum absolute atomic E-state index is 0.507. The zero-order chi connectivity index (χ0) is 19.8. The Labute approximate surface area is 165 Å². The van der Waals surface area contributed by atoms with Crippen LogP contribution in [0.4, 0.5) is 5.82 Å². The zero-order valence-electron chi connectivity index (χ0n) is 17.2. The summed E-state index contributed by atoms with van der Waals surface area (Å²) in [5.41, 5.74) is 6.60. The highest BCUT2D eigenvalue weighted by molar-refractivity contribution is 5.89. The fourth-order valence-corrected chi connectivity index (χ4v) is 3.30. The number of hydrogen-bond acceptors (Lipinski definition) is 6. The lowest BCUT2D eigenvalue weighted by molar-refractivity contribution is 0.752. The lowest BCUT2D eigenvalue weighted by atomic mass is 10.2. The van der Waals surface area contributed by atoms with E-state index in [1.54, 1.807) is 0 Å². The standard InChI is InChI=1S/C21H27N7/c1-6-7-17-19-20(28(5)27-17)21(24-15-8-9-15)26-18(25-19)11-10-16-14(4)22-12(2)13(3)23-16/h10-11,15H,6-9H2,1-5H3,(H,24,25,26)/b11-10+. The van der Waals surface area contributed by atoms with Crippen molar-refractivity contribution in [1.29, 1.82) is 0 Å². The molecule has 0 bridgehead atoms. The number of aryl methyl sites for hydroxylation is 5. The van der Waals surface area contributed by atoms with Crippen molar-refractivity contribution in [2.24, 2.45) is 7.05 Å². The van der Waals surface area contributed by atoms with Crippen LogP contribution < -0.4 is 5.32 Å². The van der Waals surface area contributed by atoms with Crippen LogP contribution >= 0.6 is 0 Å². The first-order chi connectivity index (χ1) is 13.5. The molecule has 3 aromatic rings. The molecule has 3 aromatic heterocycles. The zero-order valence-corrected chi connectivity index (χ0v) is 17.2. The third kappa shape index (κ3) is 3.61. The van der Waals surface area contributed by atoms with Gasteiger partial charge in [0.2, 0.25) is 0 Å². The summed E-state index contributed by atoms with van der Waals surface area (Å²) in [4.78, 5) is 18.8. The number of aromatic nitrogens is 6. The summed E-state index contributed by atoms with van der Waals surface area (Å²) in [6.45, 7) is 8.09. The van der Waals surface area contributed by atoms with E-state index in [2.05, 4.69) is 22.2 Å². The first-order valence-electron chi connectivity index (χ1n) is 9.96. The van der Waals surface area contributed by atoms with Crippen molar-refractivity contribution in [3.63, 3.8) is 0 Å². The number of nitrogens with one attached hydrogen (secondary N) is 1. The van der Waals surface area contributed by atoms with E-state index < -0.39 is 0 Å². The molecule has 0 radical (unpaired) electrons. The number of anilines is 1. The van der Waals surface area contributed by atoms with E-state index in [-0.39, 0.29) is 0 Å². The fourth-order valence-electron chi connectivity index (χ4n) is 3.30. The fraction of sp³-hybridized carbons (Fsp3) is 0.476. The molecule has 0 amide bonds. The van der Waals surface area contributed by atoms with Gasteiger partial charge in [0.15, 0.2) is 11.6 Å². The second kappa shape index (κ2) is 7.30. The van der Waals surface area contributed by atoms with Crippen molar-refractivity contribution in [2.45, 2.75) is 59.4 Å². The Bertz CT molecular complexity index is 1060. The summed E-state index contributed by atoms with van der Waals surface area (Å²) in [5, 5.41) is 8.24. The van der Waals surface area contributed by atoms with Crippen LogP contribution in [0.3, 0.4) is 0 Å². The Morgan fingerprint density at radius 3 is 2.46 bits per heavy atom. The first-order valence-corrected chi connectivity index (χ1v) is 9.96. The van der Waals surface area contributed by atoms with Crippen molar-refractivity contribution in [3.8, 4) is 0 Å². The molecule has 4 rings (SSSR count). The maximum atomic E-state index is 4.82. The van der Waals surface area contributed by atoms with Gasteiger partial charge in [-0.1, -0.05) is 13.3 Å². The number of rotatable bonds is 6. The van der Waals surface area contributed by atoms with Crippen molar-refractivity contribution in [1.82, 2.24) is 29.7 Å². The minimum Gasteiger partial charge on any atom is -0.365 e. The number of fused-ring (bicyclic) bond motifs is 1. The van der Waals surface area contributed by atoms with Gasteiger partial charge in [-0.25, -0.2) is 15.0 Å². The monoisotopic (exact) mass is 377 g/mol. The van der Waals surface area contributed by atoms with E-state index in [1.165, 1.54) is 12.8 Å². The molecule has 1 aliphatic carbocycles. The molecule has 1 fully saturated rings. The Kier molecular flexibility index (Phi) is 4.83. The maximum Gasteiger partial charge on any atom is 0.156 e. The molecule has 7 nitrogen and oxygen atoms in total. The second-order valence-electron chi connectivity index (χ2n) is 7.56. The molecule has 0 aliphatic heterocycles. The average Bonchev–Trinajstić information content (AvgIpc) is 3.41. The minimum atomic E-state index is 0.507. The maximum absolute atomic E-state index is 4.82. The molecule has 3 heterocycles. The van der Waals surface area contributed by atoms with Gasteiger partial charge in [-0.05, 0) is 52.2 Å². The largest absolute Gasteiger partial charge is 0.365 e. The van der Waals surface area contributed by atoms with E-state index >= 15 is 0 Å². The third-order valence-corrected chi connectivity index (χ3v) is 5.08. The van der Waals surface area contributed by atoms with Gasteiger partial charge < -0.3 is 5.32 Å². The number of hydrogen-bond donors (Lipinski definition) is 1. The molecular weight excluding hydrogens is 350 g/mol. The summed E-state index contributed by atoms with van der Waals surface area (Å²) in [5.74, 6) is 1.54. The predicted octanol–water partition coefficient (Wildman–Crippen LogP) is 3.78. The predicted molar refractivity (Wildman–Crippen MR) is 112 cm³/mol. The number of nitrogens with zero attached hydrogens (tertiary/aromatic N) is 6. The Morgan fingerprint density at radius 2 is 1.75 bits per heavy atom. The molecule has 28 heavy (non-hydrogen) atoms. The molecule has 7 heteroatoms. The van der Waals surface area contributed by atoms with Gasteiger partial charge in [-0.3, -0.25) is 9.67 Å². The second-order valence-corrected chi connectivity index (χ2v) is 7.56. The highest BCUT2D eigenvalue weighted by Crippen LogP contribution is 2.29. The van der Waals surface area contributed by atoms with Crippen LogP contribution in [-0.4, -0.2) is 35.8 Å². The van der Waals surface area contributed by atoms with Crippen LogP contribution in [-0.2, 0) is 13.5 Å². The molecule has 0 spiro atoms. The van der Waals surface area contributed by atoms with Gasteiger partial charge in [0.05, 0.1) is 28.5 Å². The van der Waals surface area contributed by atoms with Crippen molar-refractivity contribution in [2.75, 3.05) is 5.32 Å². The molecule has 1 saturated carbocycles. The van der Waals surface area contributed by atoms with Gasteiger partial charge in [0, 0.05) is 13.1 Å². The van der Waals surface area contributed by atoms with E-state index in [1.807, 2.05) is 44.7 Å². The quantitative estimate of drug-likeness (QED) is 0.704. The van der Waals surface area contributed by atoms with Gasteiger partial charge >= 0.3 is 0 Å². The van der Waals surface area contributed by atoms with Crippen LogP contribution in [0.5, 0.6) is 0 Å². The molecule has 0 unspecified atom stereocenters. The van der Waals surface area contributed by atoms with E-state index in [0.717, 1.165) is 58.2 Å². The highest BCUT2D eigenvalue weighted by atomic mass is 15.3. The van der Waals surface area contributed by atoms with E-state index in [0.29, 0.717) is 11.9 Å². The first kappa shape index (κ1) is 18.5. The summed E-state index contributed by atoms with van der Waals surface area (Å²) < 4.78 is 1.90. The normalized spacial score (nSPS) is 14.3. The lowest BCUT2D eigenvalue weighted by Gasteiger charge is -2.08. The summed E-state index contributed by atoms with van der Waals surface area (Å²) >= 11 is 0. The van der Waals surface area contributed by atoms with Crippen LogP contribution in [0.25, 0.3) is 23.2 Å². The summed E-state index contributed by atoms with van der Waals surface area (Å²) in [6.07, 6.45) is 8.19. The lowest BCUT2D eigenvalue weighted by Crippen LogP contribution is -2.07. The topological polar surface area (TPSA) is 81.4 Å². The van der Waals surface area contributed by atoms with Crippen molar-refractivity contribution >= 4 is 29.0 Å². The van der Waals surface area contributed by atoms with Crippen LogP contribution in [0.15, 0.2) is 0 Å². The van der Waals surface area contributed by atoms with E-state index in [4.69, 9.17) is 15.1 Å². The third-order valence-electron chi connectivity index (χ3n) is 5.08. The van der Waals surface area contributed by atoms with E-state index in [9.17, 15) is 0 Å². The molecule has 1 N–H and O–H groups in total. The van der Waals surface area contributed by atoms with Gasteiger partial charge in [-0.2, -0.15) is 5.10 Å². The van der Waals surface area contributed by atoms with Gasteiger partial charge in [-0.15, -0.1) is 0 Å². The smallest absolute Gasteiger partial charge is 0.156 e. The molecule has 146 valence electrons. The molecule has 0 atom stereocenters. The Morgan fingerprint density at radius 1 is 1.00 bits per heavy atom. The molecule has 1 aliphatic rings. The van der Waals surface area contributed by atoms with Crippen molar-refractivity contribution < 1.29 is 0 Å². The molecule has 0 aromatic carbocycles.